The Morgan fingerprint density at radius 3 is 2.79 bits per heavy atom. The minimum absolute atomic E-state index is 0.128. The topological polar surface area (TPSA) is 73.2 Å². The molecule has 3 aromatic rings. The van der Waals surface area contributed by atoms with Crippen LogP contribution in [-0.2, 0) is 16.1 Å². The lowest BCUT2D eigenvalue weighted by Gasteiger charge is -2.16. The molecule has 1 heterocycles. The first-order valence-corrected chi connectivity index (χ1v) is 9.90. The molecule has 3 rings (SSSR count). The minimum atomic E-state index is -0.428. The molecule has 0 unspecified atom stereocenters. The number of ether oxygens (including phenoxy) is 1. The third-order valence-electron chi connectivity index (χ3n) is 4.28. The molecule has 28 heavy (non-hydrogen) atoms. The van der Waals surface area contributed by atoms with Gasteiger partial charge in [-0.25, -0.2) is 4.98 Å². The molecule has 1 N–H and O–H groups in total. The number of nitrogens with zero attached hydrogens (tertiary/aromatic N) is 2. The number of thioether (sulfide) groups is 1. The van der Waals surface area contributed by atoms with Crippen molar-refractivity contribution in [3.05, 3.63) is 64.4 Å². The van der Waals surface area contributed by atoms with Crippen molar-refractivity contribution in [1.29, 1.82) is 0 Å². The van der Waals surface area contributed by atoms with Crippen LogP contribution in [0.1, 0.15) is 12.5 Å². The molecule has 146 valence electrons. The zero-order chi connectivity index (χ0) is 20.1. The molecule has 0 saturated carbocycles. The summed E-state index contributed by atoms with van der Waals surface area (Å²) in [4.78, 5) is 30.1. The highest BCUT2D eigenvalue weighted by Gasteiger charge is 2.19. The number of hydrogen-bond acceptors (Lipinski definition) is 5. The van der Waals surface area contributed by atoms with Crippen molar-refractivity contribution < 1.29 is 9.53 Å². The average molecular weight is 398 g/mol. The summed E-state index contributed by atoms with van der Waals surface area (Å²) in [7, 11) is 1.59. The van der Waals surface area contributed by atoms with E-state index in [0.717, 1.165) is 11.3 Å². The van der Waals surface area contributed by atoms with Crippen molar-refractivity contribution in [2.75, 3.05) is 19.0 Å². The van der Waals surface area contributed by atoms with Crippen molar-refractivity contribution >= 4 is 34.3 Å². The fourth-order valence-electron chi connectivity index (χ4n) is 2.80. The molecule has 1 aromatic heterocycles. The molecule has 0 radical (unpaired) electrons. The summed E-state index contributed by atoms with van der Waals surface area (Å²) in [6.45, 7) is 4.54. The average Bonchev–Trinajstić information content (AvgIpc) is 2.68. The Hall–Kier alpha value is -2.64. The smallest absolute Gasteiger partial charge is 0.262 e. The number of fused-ring (bicyclic) bond motifs is 1. The quantitative estimate of drug-likeness (QED) is 0.488. The number of carbonyl (C=O) groups is 1. The van der Waals surface area contributed by atoms with E-state index in [1.165, 1.54) is 11.8 Å². The lowest BCUT2D eigenvalue weighted by atomic mass is 10.2. The van der Waals surface area contributed by atoms with Gasteiger partial charge >= 0.3 is 0 Å². The normalized spacial score (nSPS) is 12.1. The van der Waals surface area contributed by atoms with Crippen LogP contribution in [0.25, 0.3) is 10.9 Å². The highest BCUT2D eigenvalue weighted by atomic mass is 32.2. The molecule has 1 atom stereocenters. The van der Waals surface area contributed by atoms with Gasteiger partial charge in [-0.3, -0.25) is 14.2 Å². The number of rotatable bonds is 7. The molecule has 6 nitrogen and oxygen atoms in total. The second-order valence-corrected chi connectivity index (χ2v) is 7.79. The van der Waals surface area contributed by atoms with Gasteiger partial charge in [0, 0.05) is 12.8 Å². The number of carbonyl (C=O) groups excluding carboxylic acids is 1. The highest BCUT2D eigenvalue weighted by molar-refractivity contribution is 8.00. The summed E-state index contributed by atoms with van der Waals surface area (Å²) in [5.74, 6) is -0.142. The second kappa shape index (κ2) is 9.03. The van der Waals surface area contributed by atoms with Gasteiger partial charge in [0.25, 0.3) is 5.56 Å². The molecule has 0 aliphatic rings. The second-order valence-electron chi connectivity index (χ2n) is 6.48. The maximum Gasteiger partial charge on any atom is 0.262 e. The van der Waals surface area contributed by atoms with Gasteiger partial charge in [-0.05, 0) is 43.7 Å². The number of anilines is 1. The van der Waals surface area contributed by atoms with Gasteiger partial charge in [0.05, 0.1) is 29.3 Å². The van der Waals surface area contributed by atoms with E-state index in [1.807, 2.05) is 43.3 Å². The van der Waals surface area contributed by atoms with E-state index < -0.39 is 5.25 Å². The fraction of sp³-hybridized carbons (Fsp3) is 0.286. The maximum atomic E-state index is 12.9. The van der Waals surface area contributed by atoms with Crippen molar-refractivity contribution in [1.82, 2.24) is 9.55 Å². The van der Waals surface area contributed by atoms with Gasteiger partial charge < -0.3 is 10.1 Å². The Kier molecular flexibility index (Phi) is 6.49. The van der Waals surface area contributed by atoms with E-state index >= 15 is 0 Å². The van der Waals surface area contributed by atoms with Crippen LogP contribution in [0.15, 0.2) is 58.5 Å². The number of aryl methyl sites for hydroxylation is 1. The first-order valence-electron chi connectivity index (χ1n) is 9.02. The van der Waals surface area contributed by atoms with E-state index in [1.54, 1.807) is 30.7 Å². The molecular weight excluding hydrogens is 374 g/mol. The molecule has 0 saturated heterocycles. The predicted octanol–water partition coefficient (Wildman–Crippen LogP) is 3.47. The Bertz CT molecular complexity index is 1050. The molecular formula is C21H23N3O3S. The third kappa shape index (κ3) is 4.61. The van der Waals surface area contributed by atoms with Crippen molar-refractivity contribution in [3.63, 3.8) is 0 Å². The van der Waals surface area contributed by atoms with Crippen molar-refractivity contribution in [2.45, 2.75) is 30.8 Å². The van der Waals surface area contributed by atoms with E-state index in [2.05, 4.69) is 10.3 Å². The monoisotopic (exact) mass is 397 g/mol. The van der Waals surface area contributed by atoms with Crippen LogP contribution < -0.4 is 10.9 Å². The summed E-state index contributed by atoms with van der Waals surface area (Å²) in [5.41, 5.74) is 2.31. The standard InChI is InChI=1S/C21H23N3O3S/c1-14-7-6-8-16(13-14)22-19(25)15(2)28-21-23-18-10-5-4-9-17(18)20(26)24(21)11-12-27-3/h4-10,13,15H,11-12H2,1-3H3,(H,22,25)/t15-/m0/s1. The van der Waals surface area contributed by atoms with Gasteiger partial charge in [0.1, 0.15) is 0 Å². The zero-order valence-electron chi connectivity index (χ0n) is 16.1. The summed E-state index contributed by atoms with van der Waals surface area (Å²) < 4.78 is 6.71. The van der Waals surface area contributed by atoms with Crippen LogP contribution in [0.3, 0.4) is 0 Å². The van der Waals surface area contributed by atoms with E-state index in [-0.39, 0.29) is 11.5 Å². The lowest BCUT2D eigenvalue weighted by Crippen LogP contribution is -2.28. The molecule has 1 amide bonds. The minimum Gasteiger partial charge on any atom is -0.383 e. The van der Waals surface area contributed by atoms with E-state index in [0.29, 0.717) is 29.2 Å². The third-order valence-corrected chi connectivity index (χ3v) is 5.37. The Balaban J connectivity index is 1.87. The largest absolute Gasteiger partial charge is 0.383 e. The summed E-state index contributed by atoms with van der Waals surface area (Å²) in [5, 5.41) is 3.55. The van der Waals surface area contributed by atoms with E-state index in [9.17, 15) is 9.59 Å². The molecule has 0 fully saturated rings. The van der Waals surface area contributed by atoms with Crippen LogP contribution >= 0.6 is 11.8 Å². The predicted molar refractivity (Wildman–Crippen MR) is 113 cm³/mol. The Labute approximate surface area is 167 Å². The number of methoxy groups -OCH3 is 1. The van der Waals surface area contributed by atoms with Crippen LogP contribution in [0, 0.1) is 6.92 Å². The summed E-state index contributed by atoms with van der Waals surface area (Å²) in [6, 6.07) is 14.9. The van der Waals surface area contributed by atoms with Gasteiger partial charge in [-0.1, -0.05) is 36.0 Å². The SMILES string of the molecule is COCCn1c(S[C@@H](C)C(=O)Nc2cccc(C)c2)nc2ccccc2c1=O. The van der Waals surface area contributed by atoms with E-state index in [4.69, 9.17) is 4.74 Å². The summed E-state index contributed by atoms with van der Waals surface area (Å²) >= 11 is 1.27. The Morgan fingerprint density at radius 2 is 2.04 bits per heavy atom. The summed E-state index contributed by atoms with van der Waals surface area (Å²) in [6.07, 6.45) is 0. The molecule has 0 aliphatic carbocycles. The zero-order valence-corrected chi connectivity index (χ0v) is 17.0. The number of hydrogen-bond donors (Lipinski definition) is 1. The first kappa shape index (κ1) is 20.1. The molecule has 0 aliphatic heterocycles. The lowest BCUT2D eigenvalue weighted by molar-refractivity contribution is -0.115. The molecule has 0 bridgehead atoms. The number of amides is 1. The van der Waals surface area contributed by atoms with Gasteiger partial charge in [0.15, 0.2) is 5.16 Å². The molecule has 7 heteroatoms. The molecule has 0 spiro atoms. The first-order chi connectivity index (χ1) is 13.5. The number of aromatic nitrogens is 2. The van der Waals surface area contributed by atoms with Crippen LogP contribution in [0.5, 0.6) is 0 Å². The van der Waals surface area contributed by atoms with Gasteiger partial charge in [-0.2, -0.15) is 0 Å². The highest BCUT2D eigenvalue weighted by Crippen LogP contribution is 2.24. The van der Waals surface area contributed by atoms with Gasteiger partial charge in [0.2, 0.25) is 5.91 Å². The number of nitrogens with one attached hydrogen (secondary N) is 1. The molecule has 2 aromatic carbocycles. The number of benzene rings is 2. The maximum absolute atomic E-state index is 12.9. The van der Waals surface area contributed by atoms with Crippen molar-refractivity contribution in [2.24, 2.45) is 0 Å². The Morgan fingerprint density at radius 1 is 1.25 bits per heavy atom. The van der Waals surface area contributed by atoms with Crippen LogP contribution in [0.2, 0.25) is 0 Å². The van der Waals surface area contributed by atoms with Gasteiger partial charge in [-0.15, -0.1) is 0 Å². The van der Waals surface area contributed by atoms with Crippen molar-refractivity contribution in [3.8, 4) is 0 Å². The van der Waals surface area contributed by atoms with Crippen LogP contribution in [-0.4, -0.2) is 34.4 Å². The number of para-hydroxylation sites is 1. The fourth-order valence-corrected chi connectivity index (χ4v) is 3.73. The van der Waals surface area contributed by atoms with Crippen LogP contribution in [0.4, 0.5) is 5.69 Å².